The van der Waals surface area contributed by atoms with Crippen LogP contribution in [0, 0.1) is 5.82 Å². The lowest BCUT2D eigenvalue weighted by Gasteiger charge is -2.36. The number of ether oxygens (including phenoxy) is 2. The van der Waals surface area contributed by atoms with Crippen LogP contribution in [-0.4, -0.2) is 28.2 Å². The molecule has 0 saturated heterocycles. The predicted octanol–water partition coefficient (Wildman–Crippen LogP) is 7.96. The van der Waals surface area contributed by atoms with Gasteiger partial charge in [0.1, 0.15) is 17.7 Å². The molecule has 0 spiro atoms. The van der Waals surface area contributed by atoms with Crippen molar-refractivity contribution in [1.82, 2.24) is 0 Å². The van der Waals surface area contributed by atoms with Crippen LogP contribution in [0.25, 0.3) is 11.6 Å². The van der Waals surface area contributed by atoms with Crippen LogP contribution in [-0.2, 0) is 20.9 Å². The predicted molar refractivity (Wildman–Crippen MR) is 147 cm³/mol. The van der Waals surface area contributed by atoms with Gasteiger partial charge in [-0.25, -0.2) is 12.8 Å². The SMILES string of the molecule is C=C(CCC1CN(S(=O)(=O)c2cccc(C(F)(F)F)c2)c2cc(C=C(C)c3c(F)cccc3Cl)ccc2O1)OC. The van der Waals surface area contributed by atoms with E-state index in [0.29, 0.717) is 35.8 Å². The maximum absolute atomic E-state index is 14.5. The average molecular weight is 596 g/mol. The first-order chi connectivity index (χ1) is 18.8. The van der Waals surface area contributed by atoms with Gasteiger partial charge in [-0.2, -0.15) is 13.2 Å². The van der Waals surface area contributed by atoms with E-state index in [1.165, 1.54) is 25.3 Å². The Morgan fingerprint density at radius 2 is 1.90 bits per heavy atom. The summed E-state index contributed by atoms with van der Waals surface area (Å²) in [4.78, 5) is -0.509. The van der Waals surface area contributed by atoms with E-state index < -0.39 is 38.6 Å². The van der Waals surface area contributed by atoms with Gasteiger partial charge < -0.3 is 9.47 Å². The van der Waals surface area contributed by atoms with Crippen molar-refractivity contribution in [3.05, 3.63) is 101 Å². The van der Waals surface area contributed by atoms with Crippen LogP contribution in [0.4, 0.5) is 23.2 Å². The standard InChI is InChI=1S/C29H26ClF4NO4S/c1-18(28-24(30)8-5-9-25(28)31)14-20-11-13-27-26(15-20)35(17-22(39-27)12-10-19(2)38-3)40(36,37)23-7-4-6-21(16-23)29(32,33)34/h4-9,11,13-16,22H,2,10,12,17H2,1,3H3. The number of benzene rings is 3. The van der Waals surface area contributed by atoms with Crippen molar-refractivity contribution in [2.75, 3.05) is 18.0 Å². The number of anilines is 1. The second kappa shape index (κ2) is 11.5. The Kier molecular flexibility index (Phi) is 8.51. The molecule has 3 aromatic carbocycles. The second-order valence-corrected chi connectivity index (χ2v) is 11.5. The molecule has 1 aliphatic heterocycles. The van der Waals surface area contributed by atoms with Crippen molar-refractivity contribution in [3.63, 3.8) is 0 Å². The average Bonchev–Trinajstić information content (AvgIpc) is 2.90. The lowest BCUT2D eigenvalue weighted by atomic mass is 10.0. The fourth-order valence-electron chi connectivity index (χ4n) is 4.38. The van der Waals surface area contributed by atoms with Gasteiger partial charge in [0.25, 0.3) is 10.0 Å². The van der Waals surface area contributed by atoms with Crippen molar-refractivity contribution in [1.29, 1.82) is 0 Å². The molecule has 0 saturated carbocycles. The van der Waals surface area contributed by atoms with Gasteiger partial charge in [0.15, 0.2) is 0 Å². The molecule has 0 radical (unpaired) electrons. The zero-order valence-corrected chi connectivity index (χ0v) is 23.2. The zero-order valence-electron chi connectivity index (χ0n) is 21.6. The minimum atomic E-state index is -4.72. The molecule has 1 aliphatic rings. The van der Waals surface area contributed by atoms with Crippen LogP contribution in [0.2, 0.25) is 5.02 Å². The molecule has 1 heterocycles. The molecule has 212 valence electrons. The number of hydrogen-bond donors (Lipinski definition) is 0. The maximum atomic E-state index is 14.5. The molecule has 0 aromatic heterocycles. The number of halogens is 5. The zero-order chi connectivity index (χ0) is 29.2. The fourth-order valence-corrected chi connectivity index (χ4v) is 6.23. The number of alkyl halides is 3. The van der Waals surface area contributed by atoms with Gasteiger partial charge >= 0.3 is 6.18 Å². The summed E-state index contributed by atoms with van der Waals surface area (Å²) in [5.41, 5.74) is 0.257. The van der Waals surface area contributed by atoms with E-state index in [9.17, 15) is 26.0 Å². The summed E-state index contributed by atoms with van der Waals surface area (Å²) in [5, 5.41) is 0.212. The fraction of sp³-hybridized carbons (Fsp3) is 0.241. The summed E-state index contributed by atoms with van der Waals surface area (Å²) >= 11 is 6.20. The number of nitrogens with zero attached hydrogens (tertiary/aromatic N) is 1. The molecule has 1 atom stereocenters. The summed E-state index contributed by atoms with van der Waals surface area (Å²) in [6.07, 6.45) is -2.97. The lowest BCUT2D eigenvalue weighted by molar-refractivity contribution is -0.137. The van der Waals surface area contributed by atoms with E-state index in [1.54, 1.807) is 31.2 Å². The monoisotopic (exact) mass is 595 g/mol. The van der Waals surface area contributed by atoms with Gasteiger partial charge in [-0.3, -0.25) is 4.31 Å². The third-order valence-corrected chi connectivity index (χ3v) is 8.53. The lowest BCUT2D eigenvalue weighted by Crippen LogP contribution is -2.43. The van der Waals surface area contributed by atoms with E-state index in [2.05, 4.69) is 6.58 Å². The molecule has 0 amide bonds. The van der Waals surface area contributed by atoms with Crippen LogP contribution in [0.15, 0.2) is 77.9 Å². The first-order valence-electron chi connectivity index (χ1n) is 12.2. The molecular formula is C29H26ClF4NO4S. The highest BCUT2D eigenvalue weighted by molar-refractivity contribution is 7.92. The Hall–Kier alpha value is -3.50. The number of fused-ring (bicyclic) bond motifs is 1. The van der Waals surface area contributed by atoms with Gasteiger partial charge in [0.05, 0.1) is 40.6 Å². The quantitative estimate of drug-likeness (QED) is 0.151. The van der Waals surface area contributed by atoms with Gasteiger partial charge in [-0.15, -0.1) is 0 Å². The summed E-state index contributed by atoms with van der Waals surface area (Å²) in [5.74, 6) is 0.190. The minimum absolute atomic E-state index is 0.139. The van der Waals surface area contributed by atoms with Crippen molar-refractivity contribution < 1.29 is 35.5 Å². The number of hydrogen-bond acceptors (Lipinski definition) is 4. The summed E-state index contributed by atoms with van der Waals surface area (Å²) in [7, 11) is -2.98. The van der Waals surface area contributed by atoms with Gasteiger partial charge in [0.2, 0.25) is 0 Å². The Morgan fingerprint density at radius 1 is 1.18 bits per heavy atom. The highest BCUT2D eigenvalue weighted by Crippen LogP contribution is 2.40. The van der Waals surface area contributed by atoms with E-state index in [1.807, 2.05) is 0 Å². The number of allylic oxidation sites excluding steroid dienone is 2. The van der Waals surface area contributed by atoms with E-state index >= 15 is 0 Å². The molecule has 0 N–H and O–H groups in total. The summed E-state index contributed by atoms with van der Waals surface area (Å²) in [6.45, 7) is 5.27. The maximum Gasteiger partial charge on any atom is 0.416 e. The summed E-state index contributed by atoms with van der Waals surface area (Å²) < 4.78 is 94.4. The molecular weight excluding hydrogens is 570 g/mol. The first-order valence-corrected chi connectivity index (χ1v) is 14.0. The van der Waals surface area contributed by atoms with E-state index in [4.69, 9.17) is 21.1 Å². The highest BCUT2D eigenvalue weighted by atomic mass is 35.5. The molecule has 0 bridgehead atoms. The molecule has 5 nitrogen and oxygen atoms in total. The minimum Gasteiger partial charge on any atom is -0.502 e. The molecule has 40 heavy (non-hydrogen) atoms. The molecule has 0 aliphatic carbocycles. The van der Waals surface area contributed by atoms with Crippen molar-refractivity contribution in [2.24, 2.45) is 0 Å². The van der Waals surface area contributed by atoms with Crippen molar-refractivity contribution in [2.45, 2.75) is 36.9 Å². The Balaban J connectivity index is 1.79. The van der Waals surface area contributed by atoms with Crippen molar-refractivity contribution >= 4 is 39.0 Å². The van der Waals surface area contributed by atoms with Crippen LogP contribution < -0.4 is 9.04 Å². The number of rotatable bonds is 8. The van der Waals surface area contributed by atoms with Crippen LogP contribution in [0.3, 0.4) is 0 Å². The Morgan fingerprint density at radius 3 is 2.58 bits per heavy atom. The first kappa shape index (κ1) is 29.5. The Labute approximate surface area is 235 Å². The summed E-state index contributed by atoms with van der Waals surface area (Å²) in [6, 6.07) is 12.7. The van der Waals surface area contributed by atoms with Gasteiger partial charge in [-0.05, 0) is 66.9 Å². The normalized spacial score (nSPS) is 15.8. The largest absolute Gasteiger partial charge is 0.502 e. The Bertz CT molecular complexity index is 1550. The molecule has 11 heteroatoms. The van der Waals surface area contributed by atoms with Crippen LogP contribution in [0.5, 0.6) is 5.75 Å². The van der Waals surface area contributed by atoms with Crippen molar-refractivity contribution in [3.8, 4) is 5.75 Å². The molecule has 3 aromatic rings. The molecule has 1 unspecified atom stereocenters. The van der Waals surface area contributed by atoms with Gasteiger partial charge in [-0.1, -0.05) is 42.5 Å². The molecule has 0 fully saturated rings. The van der Waals surface area contributed by atoms with Crippen LogP contribution in [0.1, 0.15) is 36.5 Å². The van der Waals surface area contributed by atoms with Gasteiger partial charge in [0, 0.05) is 12.0 Å². The third kappa shape index (κ3) is 6.28. The highest BCUT2D eigenvalue weighted by Gasteiger charge is 2.37. The second-order valence-electron chi connectivity index (χ2n) is 9.23. The third-order valence-electron chi connectivity index (χ3n) is 6.44. The number of sulfonamides is 1. The molecule has 4 rings (SSSR count). The topological polar surface area (TPSA) is 55.8 Å². The number of methoxy groups -OCH3 is 1. The van der Waals surface area contributed by atoms with E-state index in [0.717, 1.165) is 22.5 Å². The van der Waals surface area contributed by atoms with E-state index in [-0.39, 0.29) is 28.6 Å². The smallest absolute Gasteiger partial charge is 0.416 e. The van der Waals surface area contributed by atoms with Crippen LogP contribution >= 0.6 is 11.6 Å².